The summed E-state index contributed by atoms with van der Waals surface area (Å²) in [5, 5.41) is 0. The van der Waals surface area contributed by atoms with Crippen LogP contribution in [0.5, 0.6) is 0 Å². The van der Waals surface area contributed by atoms with Crippen molar-refractivity contribution in [2.75, 3.05) is 5.73 Å². The molecule has 0 atom stereocenters. The Hall–Kier alpha value is -1.83. The molecule has 0 bridgehead atoms. The molecule has 0 radical (unpaired) electrons. The average Bonchev–Trinajstić information content (AvgIpc) is 2.23. The summed E-state index contributed by atoms with van der Waals surface area (Å²) in [7, 11) is 0. The summed E-state index contributed by atoms with van der Waals surface area (Å²) in [6.07, 6.45) is 4.34. The predicted octanol–water partition coefficient (Wildman–Crippen LogP) is 2.25. The van der Waals surface area contributed by atoms with Crippen molar-refractivity contribution < 1.29 is 0 Å². The Morgan fingerprint density at radius 2 is 1.86 bits per heavy atom. The molecule has 0 amide bonds. The monoisotopic (exact) mass is 184 g/mol. The lowest BCUT2D eigenvalue weighted by atomic mass is 10.1. The van der Waals surface area contributed by atoms with Crippen LogP contribution in [0.1, 0.15) is 11.1 Å². The summed E-state index contributed by atoms with van der Waals surface area (Å²) in [6, 6.07) is 12.2. The van der Waals surface area contributed by atoms with Crippen molar-refractivity contribution in [1.82, 2.24) is 4.98 Å². The molecule has 1 heterocycles. The molecule has 2 heteroatoms. The maximum atomic E-state index is 5.81. The Kier molecular flexibility index (Phi) is 2.45. The van der Waals surface area contributed by atoms with Crippen molar-refractivity contribution in [3.63, 3.8) is 0 Å². The van der Waals surface area contributed by atoms with Crippen LogP contribution in [0.15, 0.2) is 48.8 Å². The molecule has 0 saturated carbocycles. The van der Waals surface area contributed by atoms with Crippen molar-refractivity contribution in [1.29, 1.82) is 0 Å². The number of rotatable bonds is 2. The maximum absolute atomic E-state index is 5.81. The van der Waals surface area contributed by atoms with Crippen LogP contribution in [0.25, 0.3) is 0 Å². The van der Waals surface area contributed by atoms with Gasteiger partial charge < -0.3 is 5.73 Å². The van der Waals surface area contributed by atoms with Crippen LogP contribution in [0.4, 0.5) is 5.69 Å². The lowest BCUT2D eigenvalue weighted by Gasteiger charge is -2.04. The highest BCUT2D eigenvalue weighted by molar-refractivity contribution is 5.46. The van der Waals surface area contributed by atoms with Crippen LogP contribution in [-0.2, 0) is 6.42 Å². The Morgan fingerprint density at radius 3 is 2.57 bits per heavy atom. The van der Waals surface area contributed by atoms with Crippen molar-refractivity contribution in [3.05, 3.63) is 59.9 Å². The van der Waals surface area contributed by atoms with Gasteiger partial charge in [-0.2, -0.15) is 0 Å². The number of anilines is 1. The number of benzene rings is 1. The van der Waals surface area contributed by atoms with Gasteiger partial charge in [0.2, 0.25) is 0 Å². The topological polar surface area (TPSA) is 38.9 Å². The second kappa shape index (κ2) is 3.92. The molecule has 0 aliphatic rings. The summed E-state index contributed by atoms with van der Waals surface area (Å²) < 4.78 is 0. The van der Waals surface area contributed by atoms with Crippen molar-refractivity contribution in [3.8, 4) is 0 Å². The Morgan fingerprint density at radius 1 is 1.07 bits per heavy atom. The van der Waals surface area contributed by atoms with Crippen LogP contribution in [0, 0.1) is 0 Å². The van der Waals surface area contributed by atoms with E-state index in [-0.39, 0.29) is 0 Å². The number of hydrogen-bond donors (Lipinski definition) is 1. The lowest BCUT2D eigenvalue weighted by molar-refractivity contribution is 1.17. The van der Waals surface area contributed by atoms with E-state index in [1.54, 1.807) is 12.4 Å². The largest absolute Gasteiger partial charge is 0.397 e. The molecule has 2 nitrogen and oxygen atoms in total. The molecule has 2 N–H and O–H groups in total. The summed E-state index contributed by atoms with van der Waals surface area (Å²) in [4.78, 5) is 3.96. The van der Waals surface area contributed by atoms with E-state index in [0.717, 1.165) is 17.7 Å². The zero-order chi connectivity index (χ0) is 9.80. The molecule has 1 aromatic carbocycles. The average molecular weight is 184 g/mol. The second-order valence-corrected chi connectivity index (χ2v) is 3.24. The number of nitrogens with zero attached hydrogens (tertiary/aromatic N) is 1. The van der Waals surface area contributed by atoms with Crippen molar-refractivity contribution in [2.45, 2.75) is 6.42 Å². The SMILES string of the molecule is Nc1cnccc1Cc1ccccc1. The van der Waals surface area contributed by atoms with Gasteiger partial charge in [-0.1, -0.05) is 30.3 Å². The molecule has 0 fully saturated rings. The van der Waals surface area contributed by atoms with Gasteiger partial charge in [0.25, 0.3) is 0 Å². The molecule has 14 heavy (non-hydrogen) atoms. The van der Waals surface area contributed by atoms with Crippen LogP contribution in [-0.4, -0.2) is 4.98 Å². The molecular formula is C12H12N2. The minimum atomic E-state index is 0.761. The first-order valence-electron chi connectivity index (χ1n) is 4.58. The molecular weight excluding hydrogens is 172 g/mol. The van der Waals surface area contributed by atoms with E-state index in [1.807, 2.05) is 24.3 Å². The predicted molar refractivity (Wildman–Crippen MR) is 57.9 cm³/mol. The summed E-state index contributed by atoms with van der Waals surface area (Å²) in [6.45, 7) is 0. The third-order valence-corrected chi connectivity index (χ3v) is 2.18. The lowest BCUT2D eigenvalue weighted by Crippen LogP contribution is -1.95. The van der Waals surface area contributed by atoms with Gasteiger partial charge in [0.15, 0.2) is 0 Å². The van der Waals surface area contributed by atoms with E-state index >= 15 is 0 Å². The minimum absolute atomic E-state index is 0.761. The normalized spacial score (nSPS) is 10.0. The molecule has 0 spiro atoms. The van der Waals surface area contributed by atoms with Crippen molar-refractivity contribution in [2.24, 2.45) is 0 Å². The fourth-order valence-corrected chi connectivity index (χ4v) is 1.41. The molecule has 0 aliphatic heterocycles. The summed E-state index contributed by atoms with van der Waals surface area (Å²) in [5.74, 6) is 0. The van der Waals surface area contributed by atoms with E-state index in [1.165, 1.54) is 5.56 Å². The standard InChI is InChI=1S/C12H12N2/c13-12-9-14-7-6-11(12)8-10-4-2-1-3-5-10/h1-7,9H,8,13H2. The van der Waals surface area contributed by atoms with Gasteiger partial charge in [-0.25, -0.2) is 0 Å². The van der Waals surface area contributed by atoms with Crippen LogP contribution in [0.3, 0.4) is 0 Å². The molecule has 0 aliphatic carbocycles. The third-order valence-electron chi connectivity index (χ3n) is 2.18. The third kappa shape index (κ3) is 1.91. The fourth-order valence-electron chi connectivity index (χ4n) is 1.41. The number of pyridine rings is 1. The van der Waals surface area contributed by atoms with Crippen LogP contribution in [0.2, 0.25) is 0 Å². The van der Waals surface area contributed by atoms with Gasteiger partial charge in [-0.3, -0.25) is 4.98 Å². The highest BCUT2D eigenvalue weighted by atomic mass is 14.7. The first-order chi connectivity index (χ1) is 6.86. The van der Waals surface area contributed by atoms with E-state index in [4.69, 9.17) is 5.73 Å². The summed E-state index contributed by atoms with van der Waals surface area (Å²) >= 11 is 0. The van der Waals surface area contributed by atoms with E-state index < -0.39 is 0 Å². The van der Waals surface area contributed by atoms with Crippen LogP contribution < -0.4 is 5.73 Å². The maximum Gasteiger partial charge on any atom is 0.0536 e. The molecule has 2 rings (SSSR count). The number of hydrogen-bond acceptors (Lipinski definition) is 2. The highest BCUT2D eigenvalue weighted by Crippen LogP contribution is 2.14. The zero-order valence-corrected chi connectivity index (χ0v) is 7.85. The number of aromatic nitrogens is 1. The Balaban J connectivity index is 2.24. The smallest absolute Gasteiger partial charge is 0.0536 e. The fraction of sp³-hybridized carbons (Fsp3) is 0.0833. The van der Waals surface area contributed by atoms with Crippen LogP contribution >= 0.6 is 0 Å². The van der Waals surface area contributed by atoms with Gasteiger partial charge >= 0.3 is 0 Å². The van der Waals surface area contributed by atoms with E-state index in [9.17, 15) is 0 Å². The van der Waals surface area contributed by atoms with Gasteiger partial charge in [0.1, 0.15) is 0 Å². The first-order valence-corrected chi connectivity index (χ1v) is 4.58. The molecule has 2 aromatic rings. The molecule has 0 saturated heterocycles. The van der Waals surface area contributed by atoms with E-state index in [2.05, 4.69) is 17.1 Å². The van der Waals surface area contributed by atoms with E-state index in [0.29, 0.717) is 0 Å². The molecule has 70 valence electrons. The van der Waals surface area contributed by atoms with Gasteiger partial charge in [0.05, 0.1) is 11.9 Å². The number of nitrogens with two attached hydrogens (primary N) is 1. The number of nitrogen functional groups attached to an aromatic ring is 1. The van der Waals surface area contributed by atoms with Crippen molar-refractivity contribution >= 4 is 5.69 Å². The zero-order valence-electron chi connectivity index (χ0n) is 7.85. The van der Waals surface area contributed by atoms with Gasteiger partial charge in [-0.15, -0.1) is 0 Å². The highest BCUT2D eigenvalue weighted by Gasteiger charge is 1.98. The second-order valence-electron chi connectivity index (χ2n) is 3.24. The summed E-state index contributed by atoms with van der Waals surface area (Å²) in [5.41, 5.74) is 8.97. The minimum Gasteiger partial charge on any atom is -0.397 e. The molecule has 0 unspecified atom stereocenters. The van der Waals surface area contributed by atoms with Gasteiger partial charge in [-0.05, 0) is 23.6 Å². The Bertz CT molecular complexity index is 410. The van der Waals surface area contributed by atoms with Gasteiger partial charge in [0, 0.05) is 6.20 Å². The first kappa shape index (κ1) is 8.75. The molecule has 1 aromatic heterocycles. The Labute approximate surface area is 83.4 Å². The quantitative estimate of drug-likeness (QED) is 0.777.